The summed E-state index contributed by atoms with van der Waals surface area (Å²) in [4.78, 5) is 11.5. The molecular formula is C12H19N3O3. The number of hydrogen-bond donors (Lipinski definition) is 0. The van der Waals surface area contributed by atoms with Gasteiger partial charge in [0.1, 0.15) is 0 Å². The number of hydrogen-bond acceptors (Lipinski definition) is 5. The van der Waals surface area contributed by atoms with Crippen LogP contribution in [0, 0.1) is 0 Å². The van der Waals surface area contributed by atoms with Crippen LogP contribution in [0.5, 0.6) is 0 Å². The molecule has 0 bridgehead atoms. The highest BCUT2D eigenvalue weighted by atomic mass is 16.5. The highest BCUT2D eigenvalue weighted by molar-refractivity contribution is 5.88. The van der Waals surface area contributed by atoms with Crippen LogP contribution in [0.15, 0.2) is 0 Å². The van der Waals surface area contributed by atoms with E-state index in [1.165, 1.54) is 7.11 Å². The van der Waals surface area contributed by atoms with Gasteiger partial charge < -0.3 is 9.47 Å². The first-order valence-corrected chi connectivity index (χ1v) is 6.38. The van der Waals surface area contributed by atoms with E-state index in [0.29, 0.717) is 18.2 Å². The Morgan fingerprint density at radius 2 is 2.44 bits per heavy atom. The maximum atomic E-state index is 11.5. The Balaban J connectivity index is 2.03. The molecule has 100 valence electrons. The molecule has 1 atom stereocenters. The first-order chi connectivity index (χ1) is 8.76. The third-order valence-corrected chi connectivity index (χ3v) is 3.24. The summed E-state index contributed by atoms with van der Waals surface area (Å²) in [5.74, 6) is -0.421. The fourth-order valence-corrected chi connectivity index (χ4v) is 2.26. The van der Waals surface area contributed by atoms with Crippen LogP contribution in [0.25, 0.3) is 0 Å². The minimum atomic E-state index is -0.421. The van der Waals surface area contributed by atoms with Crippen molar-refractivity contribution in [2.45, 2.75) is 45.3 Å². The second-order valence-corrected chi connectivity index (χ2v) is 4.38. The van der Waals surface area contributed by atoms with Crippen LogP contribution in [0.3, 0.4) is 0 Å². The molecule has 0 aliphatic carbocycles. The lowest BCUT2D eigenvalue weighted by Gasteiger charge is -2.10. The average Bonchev–Trinajstić information content (AvgIpc) is 3.03. The maximum Gasteiger partial charge on any atom is 0.360 e. The van der Waals surface area contributed by atoms with Crippen molar-refractivity contribution in [3.8, 4) is 0 Å². The van der Waals surface area contributed by atoms with E-state index in [1.807, 2.05) is 6.92 Å². The summed E-state index contributed by atoms with van der Waals surface area (Å²) in [6, 6.07) is 0. The van der Waals surface area contributed by atoms with E-state index in [1.54, 1.807) is 4.68 Å². The lowest BCUT2D eigenvalue weighted by Crippen LogP contribution is -2.14. The van der Waals surface area contributed by atoms with Crippen LogP contribution in [0.2, 0.25) is 0 Å². The van der Waals surface area contributed by atoms with Gasteiger partial charge in [0.25, 0.3) is 0 Å². The van der Waals surface area contributed by atoms with Crippen molar-refractivity contribution >= 4 is 5.97 Å². The summed E-state index contributed by atoms with van der Waals surface area (Å²) in [6.07, 6.45) is 4.19. The van der Waals surface area contributed by atoms with Gasteiger partial charge in [-0.05, 0) is 25.7 Å². The summed E-state index contributed by atoms with van der Waals surface area (Å²) in [7, 11) is 1.35. The van der Waals surface area contributed by atoms with E-state index in [4.69, 9.17) is 9.47 Å². The molecule has 0 aromatic carbocycles. The highest BCUT2D eigenvalue weighted by Crippen LogP contribution is 2.17. The van der Waals surface area contributed by atoms with Gasteiger partial charge in [0.05, 0.1) is 18.9 Å². The predicted molar refractivity (Wildman–Crippen MR) is 64.3 cm³/mol. The van der Waals surface area contributed by atoms with Crippen LogP contribution < -0.4 is 0 Å². The number of aromatic nitrogens is 3. The van der Waals surface area contributed by atoms with Gasteiger partial charge in [0.2, 0.25) is 0 Å². The molecule has 1 unspecified atom stereocenters. The molecule has 2 heterocycles. The second kappa shape index (κ2) is 5.95. The topological polar surface area (TPSA) is 66.2 Å². The van der Waals surface area contributed by atoms with Gasteiger partial charge >= 0.3 is 5.97 Å². The van der Waals surface area contributed by atoms with E-state index in [2.05, 4.69) is 10.3 Å². The average molecular weight is 253 g/mol. The quantitative estimate of drug-likeness (QED) is 0.737. The Morgan fingerprint density at radius 1 is 1.61 bits per heavy atom. The van der Waals surface area contributed by atoms with E-state index >= 15 is 0 Å². The molecule has 1 aliphatic heterocycles. The summed E-state index contributed by atoms with van der Waals surface area (Å²) in [5, 5.41) is 7.93. The zero-order chi connectivity index (χ0) is 13.0. The van der Waals surface area contributed by atoms with E-state index in [-0.39, 0.29) is 0 Å². The standard InChI is InChI=1S/C12H19N3O3/c1-3-10-11(12(16)17-2)13-14-15(10)7-6-9-5-4-8-18-9/h9H,3-8H2,1-2H3. The van der Waals surface area contributed by atoms with Crippen molar-refractivity contribution in [1.82, 2.24) is 15.0 Å². The monoisotopic (exact) mass is 253 g/mol. The Morgan fingerprint density at radius 3 is 3.06 bits per heavy atom. The van der Waals surface area contributed by atoms with Gasteiger partial charge in [-0.25, -0.2) is 9.48 Å². The largest absolute Gasteiger partial charge is 0.464 e. The summed E-state index contributed by atoms with van der Waals surface area (Å²) in [6.45, 7) is 3.57. The van der Waals surface area contributed by atoms with Gasteiger partial charge in [0.15, 0.2) is 5.69 Å². The fourth-order valence-electron chi connectivity index (χ4n) is 2.26. The molecule has 1 aliphatic rings. The molecule has 0 saturated carbocycles. The Bertz CT molecular complexity index is 411. The van der Waals surface area contributed by atoms with Gasteiger partial charge in [-0.3, -0.25) is 0 Å². The van der Waals surface area contributed by atoms with Gasteiger partial charge in [-0.1, -0.05) is 12.1 Å². The molecule has 1 fully saturated rings. The molecule has 6 heteroatoms. The Labute approximate surface area is 106 Å². The van der Waals surface area contributed by atoms with Crippen LogP contribution in [0.1, 0.15) is 42.4 Å². The molecule has 6 nitrogen and oxygen atoms in total. The van der Waals surface area contributed by atoms with Crippen LogP contribution in [0.4, 0.5) is 0 Å². The number of esters is 1. The lowest BCUT2D eigenvalue weighted by molar-refractivity contribution is 0.0592. The Hall–Kier alpha value is -1.43. The SMILES string of the molecule is CCc1c(C(=O)OC)nnn1CCC1CCCO1. The van der Waals surface area contributed by atoms with Gasteiger partial charge in [-0.2, -0.15) is 0 Å². The van der Waals surface area contributed by atoms with Crippen molar-refractivity contribution in [2.75, 3.05) is 13.7 Å². The second-order valence-electron chi connectivity index (χ2n) is 4.38. The minimum absolute atomic E-state index is 0.320. The van der Waals surface area contributed by atoms with Crippen molar-refractivity contribution in [3.05, 3.63) is 11.4 Å². The minimum Gasteiger partial charge on any atom is -0.464 e. The number of nitrogens with zero attached hydrogens (tertiary/aromatic N) is 3. The number of methoxy groups -OCH3 is 1. The zero-order valence-electron chi connectivity index (χ0n) is 10.9. The number of ether oxygens (including phenoxy) is 2. The zero-order valence-corrected chi connectivity index (χ0v) is 10.9. The molecule has 1 aromatic heterocycles. The highest BCUT2D eigenvalue weighted by Gasteiger charge is 2.20. The number of carbonyl (C=O) groups is 1. The molecule has 0 spiro atoms. The van der Waals surface area contributed by atoms with E-state index in [0.717, 1.165) is 38.1 Å². The Kier molecular flexibility index (Phi) is 4.30. The molecule has 1 aromatic rings. The third kappa shape index (κ3) is 2.69. The predicted octanol–water partition coefficient (Wildman–Crippen LogP) is 1.20. The summed E-state index contributed by atoms with van der Waals surface area (Å²) >= 11 is 0. The van der Waals surface area contributed by atoms with Gasteiger partial charge in [-0.15, -0.1) is 5.10 Å². The smallest absolute Gasteiger partial charge is 0.360 e. The maximum absolute atomic E-state index is 11.5. The molecule has 1 saturated heterocycles. The van der Waals surface area contributed by atoms with Crippen molar-refractivity contribution in [3.63, 3.8) is 0 Å². The first-order valence-electron chi connectivity index (χ1n) is 6.38. The van der Waals surface area contributed by atoms with Crippen molar-refractivity contribution in [1.29, 1.82) is 0 Å². The molecule has 18 heavy (non-hydrogen) atoms. The normalized spacial score (nSPS) is 19.1. The molecule has 0 N–H and O–H groups in total. The van der Waals surface area contributed by atoms with Gasteiger partial charge in [0, 0.05) is 13.2 Å². The van der Waals surface area contributed by atoms with Crippen LogP contribution >= 0.6 is 0 Å². The van der Waals surface area contributed by atoms with Crippen LogP contribution in [-0.2, 0) is 22.4 Å². The summed E-state index contributed by atoms with van der Waals surface area (Å²) in [5.41, 5.74) is 1.16. The number of carbonyl (C=O) groups excluding carboxylic acids is 1. The third-order valence-electron chi connectivity index (χ3n) is 3.24. The van der Waals surface area contributed by atoms with Crippen molar-refractivity contribution < 1.29 is 14.3 Å². The molecular weight excluding hydrogens is 234 g/mol. The molecule has 0 amide bonds. The molecule has 0 radical (unpaired) electrons. The number of aryl methyl sites for hydroxylation is 1. The summed E-state index contributed by atoms with van der Waals surface area (Å²) < 4.78 is 12.0. The fraction of sp³-hybridized carbons (Fsp3) is 0.750. The van der Waals surface area contributed by atoms with E-state index in [9.17, 15) is 4.79 Å². The lowest BCUT2D eigenvalue weighted by atomic mass is 10.2. The molecule has 2 rings (SSSR count). The van der Waals surface area contributed by atoms with Crippen LogP contribution in [-0.4, -0.2) is 40.8 Å². The van der Waals surface area contributed by atoms with Crippen molar-refractivity contribution in [2.24, 2.45) is 0 Å². The number of rotatable bonds is 5. The van der Waals surface area contributed by atoms with E-state index < -0.39 is 5.97 Å². The first kappa shape index (κ1) is 13.0.